The summed E-state index contributed by atoms with van der Waals surface area (Å²) in [5, 5.41) is 12.0. The summed E-state index contributed by atoms with van der Waals surface area (Å²) in [6, 6.07) is 3.80. The molecular formula is C19H25F3N4O2. The second-order valence-corrected chi connectivity index (χ2v) is 7.42. The van der Waals surface area contributed by atoms with Crippen molar-refractivity contribution in [2.75, 3.05) is 0 Å². The summed E-state index contributed by atoms with van der Waals surface area (Å²) >= 11 is 0. The molecule has 1 saturated carbocycles. The molecule has 0 aromatic heterocycles. The van der Waals surface area contributed by atoms with Crippen LogP contribution in [0, 0.1) is 0 Å². The molecule has 0 spiro atoms. The van der Waals surface area contributed by atoms with E-state index in [0.29, 0.717) is 11.6 Å². The molecule has 3 rings (SSSR count). The van der Waals surface area contributed by atoms with Crippen LogP contribution in [0.4, 0.5) is 13.2 Å². The molecule has 0 radical (unpaired) electrons. The minimum Gasteiger partial charge on any atom is -0.348 e. The normalized spacial score (nSPS) is 24.6. The van der Waals surface area contributed by atoms with Crippen LogP contribution in [0.15, 0.2) is 24.3 Å². The first kappa shape index (κ1) is 20.6. The van der Waals surface area contributed by atoms with Gasteiger partial charge < -0.3 is 10.6 Å². The lowest BCUT2D eigenvalue weighted by molar-refractivity contribution is -0.137. The van der Waals surface area contributed by atoms with Crippen LogP contribution in [0.1, 0.15) is 56.2 Å². The van der Waals surface area contributed by atoms with Crippen LogP contribution in [-0.4, -0.2) is 30.2 Å². The molecule has 1 aliphatic heterocycles. The van der Waals surface area contributed by atoms with Crippen molar-refractivity contribution in [1.29, 1.82) is 0 Å². The Hall–Kier alpha value is -2.13. The van der Waals surface area contributed by atoms with Crippen LogP contribution in [0.2, 0.25) is 0 Å². The molecule has 3 atom stereocenters. The monoisotopic (exact) mass is 398 g/mol. The molecule has 2 amide bonds. The van der Waals surface area contributed by atoms with Crippen molar-refractivity contribution in [3.05, 3.63) is 35.4 Å². The number of rotatable bonds is 5. The Labute approximate surface area is 161 Å². The Balaban J connectivity index is 1.57. The third kappa shape index (κ3) is 5.23. The zero-order chi connectivity index (χ0) is 20.3. The number of amides is 2. The maximum atomic E-state index is 12.7. The van der Waals surface area contributed by atoms with Gasteiger partial charge in [0.25, 0.3) is 0 Å². The second-order valence-electron chi connectivity index (χ2n) is 7.42. The average molecular weight is 398 g/mol. The summed E-state index contributed by atoms with van der Waals surface area (Å²) in [4.78, 5) is 24.5. The number of hydrogen-bond donors (Lipinski definition) is 4. The summed E-state index contributed by atoms with van der Waals surface area (Å²) in [6.45, 7) is 1.69. The number of carbonyl (C=O) groups excluding carboxylic acids is 2. The van der Waals surface area contributed by atoms with E-state index in [1.54, 1.807) is 6.92 Å². The van der Waals surface area contributed by atoms with Crippen molar-refractivity contribution in [2.45, 2.75) is 69.6 Å². The van der Waals surface area contributed by atoms with Crippen molar-refractivity contribution in [3.8, 4) is 0 Å². The Morgan fingerprint density at radius 1 is 1.18 bits per heavy atom. The molecule has 6 nitrogen and oxygen atoms in total. The third-order valence-corrected chi connectivity index (χ3v) is 5.23. The molecule has 1 aromatic rings. The largest absolute Gasteiger partial charge is 0.416 e. The first-order chi connectivity index (χ1) is 13.2. The Kier molecular flexibility index (Phi) is 6.24. The van der Waals surface area contributed by atoms with Crippen LogP contribution < -0.4 is 21.3 Å². The number of nitrogens with one attached hydrogen (secondary N) is 4. The number of hydrogen-bond acceptors (Lipinski definition) is 4. The fraction of sp³-hybridized carbons (Fsp3) is 0.579. The summed E-state index contributed by atoms with van der Waals surface area (Å²) < 4.78 is 38.0. The number of carbonyl (C=O) groups is 2. The van der Waals surface area contributed by atoms with E-state index in [-0.39, 0.29) is 18.2 Å². The summed E-state index contributed by atoms with van der Waals surface area (Å²) in [6.07, 6.45) is -0.493. The van der Waals surface area contributed by atoms with Gasteiger partial charge in [0.15, 0.2) is 0 Å². The maximum absolute atomic E-state index is 12.7. The Bertz CT molecular complexity index is 702. The fourth-order valence-corrected chi connectivity index (χ4v) is 3.65. The number of benzene rings is 1. The van der Waals surface area contributed by atoms with E-state index < -0.39 is 30.1 Å². The van der Waals surface area contributed by atoms with E-state index >= 15 is 0 Å². The van der Waals surface area contributed by atoms with Crippen LogP contribution >= 0.6 is 0 Å². The van der Waals surface area contributed by atoms with Gasteiger partial charge in [0.2, 0.25) is 11.8 Å². The molecule has 2 fully saturated rings. The van der Waals surface area contributed by atoms with E-state index in [4.69, 9.17) is 0 Å². The van der Waals surface area contributed by atoms with Crippen LogP contribution in [0.3, 0.4) is 0 Å². The lowest BCUT2D eigenvalue weighted by Gasteiger charge is -2.33. The fourth-order valence-electron chi connectivity index (χ4n) is 3.65. The van der Waals surface area contributed by atoms with Gasteiger partial charge in [-0.2, -0.15) is 13.2 Å². The Morgan fingerprint density at radius 3 is 2.43 bits per heavy atom. The molecule has 1 aromatic carbocycles. The molecule has 154 valence electrons. The minimum atomic E-state index is -4.40. The zero-order valence-corrected chi connectivity index (χ0v) is 15.6. The summed E-state index contributed by atoms with van der Waals surface area (Å²) in [5.74, 6) is -0.586. The van der Waals surface area contributed by atoms with E-state index in [1.165, 1.54) is 12.1 Å². The van der Waals surface area contributed by atoms with Gasteiger partial charge in [-0.15, -0.1) is 0 Å². The number of halogens is 3. The highest BCUT2D eigenvalue weighted by molar-refractivity contribution is 5.89. The highest BCUT2D eigenvalue weighted by atomic mass is 19.4. The van der Waals surface area contributed by atoms with E-state index in [0.717, 1.165) is 37.8 Å². The molecule has 0 bridgehead atoms. The maximum Gasteiger partial charge on any atom is 0.416 e. The van der Waals surface area contributed by atoms with Gasteiger partial charge in [0.1, 0.15) is 6.29 Å². The lowest BCUT2D eigenvalue weighted by atomic mass is 10.0. The number of alkyl halides is 3. The highest BCUT2D eigenvalue weighted by Gasteiger charge is 2.33. The van der Waals surface area contributed by atoms with Crippen LogP contribution in [-0.2, 0) is 15.8 Å². The molecule has 9 heteroatoms. The van der Waals surface area contributed by atoms with Gasteiger partial charge in [-0.25, -0.2) is 0 Å². The molecule has 1 saturated heterocycles. The van der Waals surface area contributed by atoms with Crippen molar-refractivity contribution in [1.82, 2.24) is 21.3 Å². The van der Waals surface area contributed by atoms with Gasteiger partial charge in [-0.05, 0) is 37.5 Å². The topological polar surface area (TPSA) is 82.3 Å². The van der Waals surface area contributed by atoms with Gasteiger partial charge in [0, 0.05) is 6.04 Å². The Morgan fingerprint density at radius 2 is 1.82 bits per heavy atom. The second kappa shape index (κ2) is 8.48. The molecular weight excluding hydrogens is 373 g/mol. The van der Waals surface area contributed by atoms with E-state index in [2.05, 4.69) is 21.3 Å². The van der Waals surface area contributed by atoms with Crippen LogP contribution in [0.5, 0.6) is 0 Å². The standard InChI is InChI=1S/C19H25F3N4O2/c1-11(12-6-8-13(9-7-12)19(20,21)22)23-17(28)15-10-16(27)26-18(25-15)24-14-4-2-3-5-14/h6-9,11,14-15,18,24-25H,2-5,10H2,1H3,(H,23,28)(H,26,27)/t11-,15?,18?/m1/s1. The van der Waals surface area contributed by atoms with E-state index in [1.807, 2.05) is 0 Å². The van der Waals surface area contributed by atoms with Gasteiger partial charge in [-0.3, -0.25) is 20.2 Å². The van der Waals surface area contributed by atoms with Gasteiger partial charge >= 0.3 is 6.18 Å². The van der Waals surface area contributed by atoms with Crippen LogP contribution in [0.25, 0.3) is 0 Å². The van der Waals surface area contributed by atoms with Crippen molar-refractivity contribution >= 4 is 11.8 Å². The highest BCUT2D eigenvalue weighted by Crippen LogP contribution is 2.29. The summed E-state index contributed by atoms with van der Waals surface area (Å²) in [5.41, 5.74) is -0.177. The SMILES string of the molecule is C[C@@H](NC(=O)C1CC(=O)NC(NC2CCCC2)N1)c1ccc(C(F)(F)F)cc1. The van der Waals surface area contributed by atoms with E-state index in [9.17, 15) is 22.8 Å². The smallest absolute Gasteiger partial charge is 0.348 e. The molecule has 2 aliphatic rings. The van der Waals surface area contributed by atoms with Gasteiger partial charge in [-0.1, -0.05) is 25.0 Å². The lowest BCUT2D eigenvalue weighted by Crippen LogP contribution is -2.66. The first-order valence-corrected chi connectivity index (χ1v) is 9.51. The third-order valence-electron chi connectivity index (χ3n) is 5.23. The van der Waals surface area contributed by atoms with Crippen molar-refractivity contribution in [2.24, 2.45) is 0 Å². The molecule has 2 unspecified atom stereocenters. The van der Waals surface area contributed by atoms with Crippen molar-refractivity contribution < 1.29 is 22.8 Å². The predicted octanol–water partition coefficient (Wildman–Crippen LogP) is 2.18. The first-order valence-electron chi connectivity index (χ1n) is 9.51. The summed E-state index contributed by atoms with van der Waals surface area (Å²) in [7, 11) is 0. The minimum absolute atomic E-state index is 0.00834. The predicted molar refractivity (Wildman–Crippen MR) is 96.9 cm³/mol. The molecule has 4 N–H and O–H groups in total. The molecule has 1 aliphatic carbocycles. The average Bonchev–Trinajstić information content (AvgIpc) is 3.13. The van der Waals surface area contributed by atoms with Gasteiger partial charge in [0.05, 0.1) is 24.1 Å². The molecule has 1 heterocycles. The van der Waals surface area contributed by atoms with Crippen molar-refractivity contribution in [3.63, 3.8) is 0 Å². The molecule has 28 heavy (non-hydrogen) atoms. The quantitative estimate of drug-likeness (QED) is 0.613. The zero-order valence-electron chi connectivity index (χ0n) is 15.6.